The molecule has 0 aliphatic carbocycles. The molecule has 0 saturated heterocycles. The number of nitrogens with zero attached hydrogens (tertiary/aromatic N) is 5. The Bertz CT molecular complexity index is 2290. The summed E-state index contributed by atoms with van der Waals surface area (Å²) in [4.78, 5) is 5.31. The van der Waals surface area contributed by atoms with Crippen LogP contribution in [0.3, 0.4) is 0 Å². The SMILES string of the molecule is CC1(C)C(/C=C/C=C/C=C/C=C2/N(CCCN=[N+]=[N-])c3ccc4ccccc4c3C2(C)C)=[N+](CCCCS(=O)(=O)O)c2ccc3ccccc3c21. The largest absolute Gasteiger partial charge is 0.344 e. The molecule has 4 aromatic rings. The second-order valence-electron chi connectivity index (χ2n) is 14.3. The van der Waals surface area contributed by atoms with Gasteiger partial charge in [0.15, 0.2) is 5.71 Å². The van der Waals surface area contributed by atoms with Crippen LogP contribution in [-0.4, -0.2) is 48.6 Å². The van der Waals surface area contributed by atoms with E-state index in [0.717, 1.165) is 24.4 Å². The van der Waals surface area contributed by atoms with Crippen molar-refractivity contribution < 1.29 is 17.5 Å². The Balaban J connectivity index is 1.26. The van der Waals surface area contributed by atoms with E-state index in [0.29, 0.717) is 25.9 Å². The van der Waals surface area contributed by atoms with E-state index in [4.69, 9.17) is 5.53 Å². The lowest BCUT2D eigenvalue weighted by molar-refractivity contribution is -0.438. The average molecular weight is 701 g/mol. The Morgan fingerprint density at radius 1 is 0.804 bits per heavy atom. The number of benzene rings is 4. The first kappa shape index (κ1) is 35.9. The van der Waals surface area contributed by atoms with Gasteiger partial charge in [-0.1, -0.05) is 104 Å². The summed E-state index contributed by atoms with van der Waals surface area (Å²) < 4.78 is 34.3. The van der Waals surface area contributed by atoms with Gasteiger partial charge < -0.3 is 4.90 Å². The van der Waals surface area contributed by atoms with Crippen molar-refractivity contribution in [1.29, 1.82) is 0 Å². The van der Waals surface area contributed by atoms with Crippen LogP contribution in [0.4, 0.5) is 11.4 Å². The molecule has 0 fully saturated rings. The maximum atomic E-state index is 11.4. The molecule has 0 aromatic heterocycles. The minimum atomic E-state index is -3.99. The summed E-state index contributed by atoms with van der Waals surface area (Å²) in [6.07, 6.45) is 16.4. The second-order valence-corrected chi connectivity index (χ2v) is 15.9. The van der Waals surface area contributed by atoms with Crippen molar-refractivity contribution in [2.75, 3.05) is 30.3 Å². The topological polar surface area (TPSA) is 109 Å². The highest BCUT2D eigenvalue weighted by Gasteiger charge is 2.45. The zero-order valence-corrected chi connectivity index (χ0v) is 30.6. The van der Waals surface area contributed by atoms with Crippen LogP contribution in [0.25, 0.3) is 32.0 Å². The predicted molar refractivity (Wildman–Crippen MR) is 211 cm³/mol. The van der Waals surface area contributed by atoms with Crippen molar-refractivity contribution in [3.63, 3.8) is 0 Å². The Labute approximate surface area is 301 Å². The summed E-state index contributed by atoms with van der Waals surface area (Å²) >= 11 is 0. The van der Waals surface area contributed by atoms with Crippen LogP contribution in [0, 0.1) is 0 Å². The number of allylic oxidation sites excluding steroid dienone is 8. The van der Waals surface area contributed by atoms with E-state index in [-0.39, 0.29) is 16.6 Å². The van der Waals surface area contributed by atoms with E-state index >= 15 is 0 Å². The lowest BCUT2D eigenvalue weighted by atomic mass is 9.79. The molecule has 6 rings (SSSR count). The number of anilines is 1. The number of hydrogen-bond donors (Lipinski definition) is 1. The van der Waals surface area contributed by atoms with E-state index in [1.54, 1.807) is 0 Å². The van der Waals surface area contributed by atoms with Crippen molar-refractivity contribution in [3.05, 3.63) is 143 Å². The van der Waals surface area contributed by atoms with Crippen molar-refractivity contribution in [2.45, 2.75) is 57.8 Å². The molecule has 0 saturated carbocycles. The van der Waals surface area contributed by atoms with Gasteiger partial charge in [0.2, 0.25) is 5.69 Å². The summed E-state index contributed by atoms with van der Waals surface area (Å²) in [5, 5.41) is 8.66. The van der Waals surface area contributed by atoms with Crippen LogP contribution in [-0.2, 0) is 20.9 Å². The van der Waals surface area contributed by atoms with E-state index in [1.807, 2.05) is 18.2 Å². The molecule has 1 N–H and O–H groups in total. The molecular weight excluding hydrogens is 655 g/mol. The van der Waals surface area contributed by atoms with E-state index in [9.17, 15) is 13.0 Å². The van der Waals surface area contributed by atoms with E-state index in [2.05, 4.69) is 144 Å². The smallest absolute Gasteiger partial charge is 0.264 e. The van der Waals surface area contributed by atoms with Crippen molar-refractivity contribution in [2.24, 2.45) is 5.11 Å². The molecule has 0 atom stereocenters. The van der Waals surface area contributed by atoms with Crippen molar-refractivity contribution in [3.8, 4) is 0 Å². The molecule has 9 heteroatoms. The third kappa shape index (κ3) is 7.29. The summed E-state index contributed by atoms with van der Waals surface area (Å²) in [5.74, 6) is -0.238. The van der Waals surface area contributed by atoms with Gasteiger partial charge in [0, 0.05) is 58.9 Å². The maximum absolute atomic E-state index is 11.4. The highest BCUT2D eigenvalue weighted by molar-refractivity contribution is 7.85. The lowest BCUT2D eigenvalue weighted by Crippen LogP contribution is -2.28. The fourth-order valence-electron chi connectivity index (χ4n) is 7.94. The van der Waals surface area contributed by atoms with Crippen LogP contribution < -0.4 is 4.90 Å². The van der Waals surface area contributed by atoms with Gasteiger partial charge in [-0.25, -0.2) is 0 Å². The fraction of sp³-hybridized carbons (Fsp3) is 0.310. The molecule has 2 aliphatic rings. The van der Waals surface area contributed by atoms with Crippen molar-refractivity contribution in [1.82, 2.24) is 0 Å². The normalized spacial score (nSPS) is 17.4. The van der Waals surface area contributed by atoms with Gasteiger partial charge in [0.25, 0.3) is 10.1 Å². The molecule has 262 valence electrons. The highest BCUT2D eigenvalue weighted by atomic mass is 32.2. The minimum Gasteiger partial charge on any atom is -0.344 e. The molecule has 0 radical (unpaired) electrons. The first-order chi connectivity index (χ1) is 24.4. The summed E-state index contributed by atoms with van der Waals surface area (Å²) in [5.41, 5.74) is 15.6. The zero-order chi connectivity index (χ0) is 36.2. The molecule has 51 heavy (non-hydrogen) atoms. The number of rotatable bonds is 13. The van der Waals surface area contributed by atoms with Crippen LogP contribution in [0.1, 0.15) is 58.1 Å². The first-order valence-corrected chi connectivity index (χ1v) is 19.2. The van der Waals surface area contributed by atoms with E-state index < -0.39 is 10.1 Å². The number of unbranched alkanes of at least 4 members (excludes halogenated alkanes) is 1. The molecule has 0 spiro atoms. The van der Waals surface area contributed by atoms with Gasteiger partial charge in [0.05, 0.1) is 11.2 Å². The van der Waals surface area contributed by atoms with Crippen molar-refractivity contribution >= 4 is 48.7 Å². The highest BCUT2D eigenvalue weighted by Crippen LogP contribution is 2.51. The quantitative estimate of drug-likeness (QED) is 0.0285. The number of fused-ring (bicyclic) bond motifs is 6. The van der Waals surface area contributed by atoms with Crippen LogP contribution in [0.15, 0.2) is 126 Å². The number of hydrogen-bond acceptors (Lipinski definition) is 4. The molecular formula is C42H46N5O3S+. The predicted octanol–water partition coefficient (Wildman–Crippen LogP) is 10.1. The first-order valence-electron chi connectivity index (χ1n) is 17.6. The second kappa shape index (κ2) is 14.7. The average Bonchev–Trinajstić information content (AvgIpc) is 3.46. The summed E-state index contributed by atoms with van der Waals surface area (Å²) in [6, 6.07) is 25.7. The summed E-state index contributed by atoms with van der Waals surface area (Å²) in [6.45, 7) is 10.9. The van der Waals surface area contributed by atoms with Crippen LogP contribution in [0.2, 0.25) is 0 Å². The molecule has 0 bridgehead atoms. The Morgan fingerprint density at radius 3 is 2.16 bits per heavy atom. The molecule has 0 unspecified atom stereocenters. The number of azide groups is 1. The Morgan fingerprint density at radius 2 is 1.45 bits per heavy atom. The molecule has 2 heterocycles. The summed E-state index contributed by atoms with van der Waals surface area (Å²) in [7, 11) is -3.99. The molecule has 4 aromatic carbocycles. The Hall–Kier alpha value is -4.95. The van der Waals surface area contributed by atoms with Crippen LogP contribution >= 0.6 is 0 Å². The van der Waals surface area contributed by atoms with Gasteiger partial charge in [0.1, 0.15) is 6.54 Å². The molecule has 8 nitrogen and oxygen atoms in total. The van der Waals surface area contributed by atoms with E-state index in [1.165, 1.54) is 44.1 Å². The Kier molecular flexibility index (Phi) is 10.4. The zero-order valence-electron chi connectivity index (χ0n) is 29.8. The van der Waals surface area contributed by atoms with Gasteiger partial charge in [-0.15, -0.1) is 0 Å². The fourth-order valence-corrected chi connectivity index (χ4v) is 8.51. The van der Waals surface area contributed by atoms with Gasteiger partial charge in [-0.3, -0.25) is 4.55 Å². The third-order valence-corrected chi connectivity index (χ3v) is 11.0. The molecule has 2 aliphatic heterocycles. The standard InChI is InChI=1S/C42H45N5O3S/c1-41(2)37(46(28-14-15-30-51(48,49)50)35-25-23-31-17-10-12-19-33(31)39(35)41)21-8-6-5-7-9-22-38-42(3,4)40-34-20-13-11-18-32(34)24-26-36(40)47(38)29-16-27-44-45-43/h5-13,17-26H,14-16,27-30H2,1-4H3/p+1. The lowest BCUT2D eigenvalue weighted by Gasteiger charge is -2.27. The van der Waals surface area contributed by atoms with Gasteiger partial charge >= 0.3 is 0 Å². The van der Waals surface area contributed by atoms with Gasteiger partial charge in [-0.05, 0) is 77.5 Å². The third-order valence-electron chi connectivity index (χ3n) is 10.2. The van der Waals surface area contributed by atoms with Crippen LogP contribution in [0.5, 0.6) is 0 Å². The molecule has 0 amide bonds. The minimum absolute atomic E-state index is 0.225. The van der Waals surface area contributed by atoms with Gasteiger partial charge in [-0.2, -0.15) is 13.0 Å². The monoisotopic (exact) mass is 700 g/mol. The maximum Gasteiger partial charge on any atom is 0.264 e.